The van der Waals surface area contributed by atoms with E-state index in [1.807, 2.05) is 13.0 Å². The fourth-order valence-electron chi connectivity index (χ4n) is 1.20. The molecule has 0 fully saturated rings. The second kappa shape index (κ2) is 4.99. The van der Waals surface area contributed by atoms with Crippen LogP contribution in [-0.4, -0.2) is 15.9 Å². The molecule has 0 unspecified atom stereocenters. The van der Waals surface area contributed by atoms with E-state index < -0.39 is 0 Å². The zero-order valence-electron chi connectivity index (χ0n) is 8.50. The minimum Gasteiger partial charge on any atom is -0.361 e. The van der Waals surface area contributed by atoms with Gasteiger partial charge in [0.05, 0.1) is 10.0 Å². The zero-order valence-corrected chi connectivity index (χ0v) is 10.8. The average Bonchev–Trinajstić information content (AvgIpc) is 2.71. The first-order chi connectivity index (χ1) is 7.70. The Morgan fingerprint density at radius 2 is 2.12 bits per heavy atom. The molecule has 3 nitrogen and oxygen atoms in total. The molecule has 0 aliphatic heterocycles. The molecule has 0 saturated heterocycles. The van der Waals surface area contributed by atoms with E-state index in [2.05, 4.69) is 14.7 Å². The predicted octanol–water partition coefficient (Wildman–Crippen LogP) is 3.94. The maximum absolute atomic E-state index is 5.93. The Kier molecular flexibility index (Phi) is 3.63. The number of halogens is 2. The van der Waals surface area contributed by atoms with E-state index in [9.17, 15) is 0 Å². The molecule has 1 N–H and O–H groups in total. The van der Waals surface area contributed by atoms with Gasteiger partial charge in [0.15, 0.2) is 5.82 Å². The smallest absolute Gasteiger partial charge is 0.202 e. The van der Waals surface area contributed by atoms with Gasteiger partial charge >= 0.3 is 0 Å². The molecule has 1 aromatic heterocycles. The van der Waals surface area contributed by atoms with Gasteiger partial charge in [0.2, 0.25) is 5.13 Å². The third-order valence-corrected chi connectivity index (χ3v) is 3.34. The first-order valence-electron chi connectivity index (χ1n) is 4.73. The quantitative estimate of drug-likeness (QED) is 0.921. The van der Waals surface area contributed by atoms with Gasteiger partial charge in [-0.15, -0.1) is 0 Å². The SMILES string of the molecule is CCNc1nc(-c2ccc(Cl)c(Cl)c2)ns1. The van der Waals surface area contributed by atoms with Crippen LogP contribution in [0.3, 0.4) is 0 Å². The third-order valence-electron chi connectivity index (χ3n) is 1.93. The van der Waals surface area contributed by atoms with Crippen molar-refractivity contribution in [3.8, 4) is 11.4 Å². The minimum atomic E-state index is 0.513. The first-order valence-corrected chi connectivity index (χ1v) is 6.26. The van der Waals surface area contributed by atoms with Gasteiger partial charge in [-0.3, -0.25) is 0 Å². The van der Waals surface area contributed by atoms with Crippen LogP contribution >= 0.6 is 34.7 Å². The number of nitrogens with one attached hydrogen (secondary N) is 1. The number of rotatable bonds is 3. The largest absolute Gasteiger partial charge is 0.361 e. The minimum absolute atomic E-state index is 0.513. The van der Waals surface area contributed by atoms with Gasteiger partial charge in [-0.2, -0.15) is 9.36 Å². The molecule has 0 radical (unpaired) electrons. The van der Waals surface area contributed by atoms with Crippen molar-refractivity contribution in [1.29, 1.82) is 0 Å². The lowest BCUT2D eigenvalue weighted by atomic mass is 10.2. The summed E-state index contributed by atoms with van der Waals surface area (Å²) < 4.78 is 4.24. The van der Waals surface area contributed by atoms with Crippen LogP contribution in [-0.2, 0) is 0 Å². The number of aromatic nitrogens is 2. The van der Waals surface area contributed by atoms with Crippen molar-refractivity contribution < 1.29 is 0 Å². The standard InChI is InChI=1S/C10H9Cl2N3S/c1-2-13-10-14-9(15-16-10)6-3-4-7(11)8(12)5-6/h3-5H,2H2,1H3,(H,13,14,15). The molecule has 0 aliphatic rings. The van der Waals surface area contributed by atoms with Crippen LogP contribution in [0.2, 0.25) is 10.0 Å². The molecule has 0 saturated carbocycles. The van der Waals surface area contributed by atoms with Gasteiger partial charge in [-0.1, -0.05) is 23.2 Å². The van der Waals surface area contributed by atoms with Crippen LogP contribution in [0.4, 0.5) is 5.13 Å². The molecule has 0 bridgehead atoms. The summed E-state index contributed by atoms with van der Waals surface area (Å²) in [7, 11) is 0. The lowest BCUT2D eigenvalue weighted by Crippen LogP contribution is -1.94. The summed E-state index contributed by atoms with van der Waals surface area (Å²) in [6, 6.07) is 5.36. The molecule has 0 spiro atoms. The molecule has 2 aromatic rings. The van der Waals surface area contributed by atoms with Crippen LogP contribution in [0, 0.1) is 0 Å². The average molecular weight is 274 g/mol. The van der Waals surface area contributed by atoms with Gasteiger partial charge in [0.1, 0.15) is 0 Å². The van der Waals surface area contributed by atoms with E-state index in [-0.39, 0.29) is 0 Å². The van der Waals surface area contributed by atoms with Crippen LogP contribution in [0.1, 0.15) is 6.92 Å². The second-order valence-corrected chi connectivity index (χ2v) is 4.65. The van der Waals surface area contributed by atoms with E-state index in [1.165, 1.54) is 11.5 Å². The number of anilines is 1. The molecule has 0 aliphatic carbocycles. The highest BCUT2D eigenvalue weighted by Crippen LogP contribution is 2.28. The van der Waals surface area contributed by atoms with Crippen LogP contribution < -0.4 is 5.32 Å². The molecular formula is C10H9Cl2N3S. The number of hydrogen-bond donors (Lipinski definition) is 1. The van der Waals surface area contributed by atoms with Crippen molar-refractivity contribution in [2.75, 3.05) is 11.9 Å². The molecule has 6 heteroatoms. The van der Waals surface area contributed by atoms with E-state index >= 15 is 0 Å². The van der Waals surface area contributed by atoms with Crippen molar-refractivity contribution in [1.82, 2.24) is 9.36 Å². The summed E-state index contributed by atoms with van der Waals surface area (Å²) in [4.78, 5) is 4.34. The number of nitrogens with zero attached hydrogens (tertiary/aromatic N) is 2. The van der Waals surface area contributed by atoms with Gasteiger partial charge in [0.25, 0.3) is 0 Å². The number of hydrogen-bond acceptors (Lipinski definition) is 4. The van der Waals surface area contributed by atoms with Gasteiger partial charge in [0, 0.05) is 23.6 Å². The summed E-state index contributed by atoms with van der Waals surface area (Å²) in [6.07, 6.45) is 0. The van der Waals surface area contributed by atoms with Crippen molar-refractivity contribution in [3.05, 3.63) is 28.2 Å². The highest BCUT2D eigenvalue weighted by molar-refractivity contribution is 7.09. The summed E-state index contributed by atoms with van der Waals surface area (Å²) in [5.41, 5.74) is 0.870. The highest BCUT2D eigenvalue weighted by atomic mass is 35.5. The zero-order chi connectivity index (χ0) is 11.5. The second-order valence-electron chi connectivity index (χ2n) is 3.08. The van der Waals surface area contributed by atoms with Crippen molar-refractivity contribution in [2.45, 2.75) is 6.92 Å². The summed E-state index contributed by atoms with van der Waals surface area (Å²) in [6.45, 7) is 2.84. The van der Waals surface area contributed by atoms with E-state index in [0.29, 0.717) is 15.9 Å². The fraction of sp³-hybridized carbons (Fsp3) is 0.200. The Balaban J connectivity index is 2.31. The molecule has 16 heavy (non-hydrogen) atoms. The summed E-state index contributed by atoms with van der Waals surface area (Å²) in [5, 5.41) is 4.97. The van der Waals surface area contributed by atoms with Crippen LogP contribution in [0.5, 0.6) is 0 Å². The molecule has 0 amide bonds. The van der Waals surface area contributed by atoms with Crippen LogP contribution in [0.25, 0.3) is 11.4 Å². The molecule has 84 valence electrons. The lowest BCUT2D eigenvalue weighted by Gasteiger charge is -1.98. The van der Waals surface area contributed by atoms with E-state index in [0.717, 1.165) is 17.2 Å². The molecule has 1 aromatic carbocycles. The maximum Gasteiger partial charge on any atom is 0.202 e. The normalized spacial score (nSPS) is 10.4. The van der Waals surface area contributed by atoms with Crippen molar-refractivity contribution in [3.63, 3.8) is 0 Å². The van der Waals surface area contributed by atoms with Crippen molar-refractivity contribution >= 4 is 39.9 Å². The van der Waals surface area contributed by atoms with E-state index in [4.69, 9.17) is 23.2 Å². The highest BCUT2D eigenvalue weighted by Gasteiger charge is 2.07. The van der Waals surface area contributed by atoms with Crippen molar-refractivity contribution in [2.24, 2.45) is 0 Å². The Morgan fingerprint density at radius 3 is 2.81 bits per heavy atom. The molecular weight excluding hydrogens is 265 g/mol. The Hall–Kier alpha value is -0.840. The monoisotopic (exact) mass is 273 g/mol. The fourth-order valence-corrected chi connectivity index (χ4v) is 2.15. The lowest BCUT2D eigenvalue weighted by molar-refractivity contribution is 1.19. The number of benzene rings is 1. The van der Waals surface area contributed by atoms with E-state index in [1.54, 1.807) is 12.1 Å². The van der Waals surface area contributed by atoms with Gasteiger partial charge < -0.3 is 5.32 Å². The topological polar surface area (TPSA) is 37.8 Å². The Bertz CT molecular complexity index is 499. The molecule has 2 rings (SSSR count). The Morgan fingerprint density at radius 1 is 1.31 bits per heavy atom. The molecule has 1 heterocycles. The van der Waals surface area contributed by atoms with Gasteiger partial charge in [-0.05, 0) is 25.1 Å². The first kappa shape index (κ1) is 11.6. The molecule has 0 atom stereocenters. The van der Waals surface area contributed by atoms with Crippen LogP contribution in [0.15, 0.2) is 18.2 Å². The Labute approximate surface area is 108 Å². The summed E-state index contributed by atoms with van der Waals surface area (Å²) >= 11 is 13.1. The third kappa shape index (κ3) is 2.45. The predicted molar refractivity (Wildman–Crippen MR) is 69.5 cm³/mol. The maximum atomic E-state index is 5.93. The summed E-state index contributed by atoms with van der Waals surface area (Å²) in [5.74, 6) is 0.666. The van der Waals surface area contributed by atoms with Gasteiger partial charge in [-0.25, -0.2) is 0 Å².